The third-order valence-electron chi connectivity index (χ3n) is 3.28. The van der Waals surface area contributed by atoms with Crippen molar-refractivity contribution in [1.82, 2.24) is 4.57 Å². The first-order valence-electron chi connectivity index (χ1n) is 6.50. The highest BCUT2D eigenvalue weighted by atomic mass is 16.1. The van der Waals surface area contributed by atoms with Gasteiger partial charge in [-0.25, -0.2) is 0 Å². The normalized spacial score (nSPS) is 10.7. The predicted octanol–water partition coefficient (Wildman–Crippen LogP) is 4.20. The number of carbonyl (C=O) groups is 1. The number of hydrogen-bond acceptors (Lipinski definition) is 1. The maximum absolute atomic E-state index is 10.9. The van der Waals surface area contributed by atoms with E-state index in [1.807, 2.05) is 24.3 Å². The van der Waals surface area contributed by atoms with Gasteiger partial charge in [0.2, 0.25) is 0 Å². The number of benzene rings is 1. The lowest BCUT2D eigenvalue weighted by Gasteiger charge is -2.05. The summed E-state index contributed by atoms with van der Waals surface area (Å²) in [6.45, 7) is 4.75. The van der Waals surface area contributed by atoms with Crippen molar-refractivity contribution in [1.29, 1.82) is 0 Å². The number of aromatic nitrogens is 1. The van der Waals surface area contributed by atoms with Crippen LogP contribution in [0.5, 0.6) is 0 Å². The molecule has 2 nitrogen and oxygen atoms in total. The van der Waals surface area contributed by atoms with Gasteiger partial charge in [0.25, 0.3) is 0 Å². The molecule has 1 aromatic heterocycles. The third kappa shape index (κ3) is 2.70. The van der Waals surface area contributed by atoms with Crippen molar-refractivity contribution in [2.24, 2.45) is 0 Å². The number of carbonyl (C=O) groups excluding carboxylic acids is 1. The highest BCUT2D eigenvalue weighted by Gasteiger charge is 2.04. The van der Waals surface area contributed by atoms with E-state index in [4.69, 9.17) is 0 Å². The van der Waals surface area contributed by atoms with Crippen LogP contribution in [0.4, 0.5) is 0 Å². The number of aryl methyl sites for hydroxylation is 1. The SMILES string of the molecule is C=CCCCCCn1ccc2c(C=O)cccc21. The maximum atomic E-state index is 10.9. The first-order valence-corrected chi connectivity index (χ1v) is 6.50. The van der Waals surface area contributed by atoms with Crippen LogP contribution >= 0.6 is 0 Å². The summed E-state index contributed by atoms with van der Waals surface area (Å²) in [5, 5.41) is 1.05. The highest BCUT2D eigenvalue weighted by Crippen LogP contribution is 2.19. The molecule has 0 aliphatic carbocycles. The number of rotatable bonds is 7. The Morgan fingerprint density at radius 3 is 2.83 bits per heavy atom. The molecule has 94 valence electrons. The van der Waals surface area contributed by atoms with Crippen molar-refractivity contribution in [2.75, 3.05) is 0 Å². The van der Waals surface area contributed by atoms with Crippen LogP contribution in [0.3, 0.4) is 0 Å². The minimum Gasteiger partial charge on any atom is -0.347 e. The van der Waals surface area contributed by atoms with Crippen molar-refractivity contribution >= 4 is 17.2 Å². The largest absolute Gasteiger partial charge is 0.347 e. The molecule has 2 heteroatoms. The average molecular weight is 241 g/mol. The van der Waals surface area contributed by atoms with Gasteiger partial charge >= 0.3 is 0 Å². The molecule has 0 aliphatic rings. The van der Waals surface area contributed by atoms with Gasteiger partial charge in [-0.05, 0) is 31.4 Å². The zero-order chi connectivity index (χ0) is 12.8. The minimum absolute atomic E-state index is 0.776. The lowest BCUT2D eigenvalue weighted by molar-refractivity contribution is 0.112. The first kappa shape index (κ1) is 12.6. The van der Waals surface area contributed by atoms with Gasteiger partial charge in [-0.2, -0.15) is 0 Å². The van der Waals surface area contributed by atoms with E-state index in [9.17, 15) is 4.79 Å². The van der Waals surface area contributed by atoms with Crippen molar-refractivity contribution in [2.45, 2.75) is 32.2 Å². The Balaban J connectivity index is 2.05. The summed E-state index contributed by atoms with van der Waals surface area (Å²) in [4.78, 5) is 10.9. The van der Waals surface area contributed by atoms with E-state index < -0.39 is 0 Å². The molecular formula is C16H19NO. The van der Waals surface area contributed by atoms with Crippen molar-refractivity contribution in [3.8, 4) is 0 Å². The molecule has 2 aromatic rings. The van der Waals surface area contributed by atoms with E-state index in [0.717, 1.165) is 35.7 Å². The van der Waals surface area contributed by atoms with Crippen LogP contribution in [0, 0.1) is 0 Å². The van der Waals surface area contributed by atoms with Gasteiger partial charge in [-0.15, -0.1) is 6.58 Å². The molecule has 0 bridgehead atoms. The summed E-state index contributed by atoms with van der Waals surface area (Å²) < 4.78 is 2.23. The molecule has 18 heavy (non-hydrogen) atoms. The number of aldehydes is 1. The molecule has 0 unspecified atom stereocenters. The van der Waals surface area contributed by atoms with Crippen molar-refractivity contribution < 1.29 is 4.79 Å². The number of allylic oxidation sites excluding steroid dienone is 1. The van der Waals surface area contributed by atoms with Crippen LogP contribution in [0.25, 0.3) is 10.9 Å². The lowest BCUT2D eigenvalue weighted by atomic mass is 10.1. The summed E-state index contributed by atoms with van der Waals surface area (Å²) in [5.74, 6) is 0. The monoisotopic (exact) mass is 241 g/mol. The minimum atomic E-state index is 0.776. The fraction of sp³-hybridized carbons (Fsp3) is 0.312. The molecule has 0 spiro atoms. The topological polar surface area (TPSA) is 22.0 Å². The molecule has 0 radical (unpaired) electrons. The standard InChI is InChI=1S/C16H19NO/c1-2-3-4-5-6-11-17-12-10-15-14(13-18)8-7-9-16(15)17/h2,7-10,12-13H,1,3-6,11H2. The average Bonchev–Trinajstić information content (AvgIpc) is 2.82. The number of fused-ring (bicyclic) bond motifs is 1. The summed E-state index contributed by atoms with van der Waals surface area (Å²) in [7, 11) is 0. The molecule has 0 fully saturated rings. The van der Waals surface area contributed by atoms with Crippen LogP contribution in [0.1, 0.15) is 36.0 Å². The molecular weight excluding hydrogens is 222 g/mol. The quantitative estimate of drug-likeness (QED) is 0.404. The second kappa shape index (κ2) is 6.20. The smallest absolute Gasteiger partial charge is 0.150 e. The molecule has 0 aliphatic heterocycles. The molecule has 0 N–H and O–H groups in total. The third-order valence-corrected chi connectivity index (χ3v) is 3.28. The number of unbranched alkanes of at least 4 members (excludes halogenated alkanes) is 3. The van der Waals surface area contributed by atoms with Gasteiger partial charge in [0.1, 0.15) is 0 Å². The molecule has 2 rings (SSSR count). The van der Waals surface area contributed by atoms with Crippen molar-refractivity contribution in [3.05, 3.63) is 48.7 Å². The van der Waals surface area contributed by atoms with Crippen LogP contribution in [0.2, 0.25) is 0 Å². The molecule has 1 aromatic carbocycles. The van der Waals surface area contributed by atoms with E-state index in [0.29, 0.717) is 0 Å². The van der Waals surface area contributed by atoms with E-state index in [-0.39, 0.29) is 0 Å². The van der Waals surface area contributed by atoms with Gasteiger partial charge < -0.3 is 4.57 Å². The highest BCUT2D eigenvalue weighted by molar-refractivity contribution is 5.97. The number of hydrogen-bond donors (Lipinski definition) is 0. The van der Waals surface area contributed by atoms with Crippen LogP contribution in [-0.2, 0) is 6.54 Å². The van der Waals surface area contributed by atoms with Crippen molar-refractivity contribution in [3.63, 3.8) is 0 Å². The second-order valence-corrected chi connectivity index (χ2v) is 4.55. The second-order valence-electron chi connectivity index (χ2n) is 4.55. The van der Waals surface area contributed by atoms with E-state index in [1.165, 1.54) is 19.3 Å². The Bertz CT molecular complexity index is 539. The Morgan fingerprint density at radius 2 is 2.06 bits per heavy atom. The summed E-state index contributed by atoms with van der Waals surface area (Å²) in [6.07, 6.45) is 9.68. The van der Waals surface area contributed by atoms with Crippen LogP contribution in [0.15, 0.2) is 43.1 Å². The first-order chi connectivity index (χ1) is 8.86. The van der Waals surface area contributed by atoms with E-state index in [2.05, 4.69) is 23.4 Å². The zero-order valence-electron chi connectivity index (χ0n) is 10.6. The maximum Gasteiger partial charge on any atom is 0.150 e. The van der Waals surface area contributed by atoms with Gasteiger partial charge in [-0.1, -0.05) is 24.6 Å². The Labute approximate surface area is 108 Å². The molecule has 0 amide bonds. The fourth-order valence-corrected chi connectivity index (χ4v) is 2.29. The lowest BCUT2D eigenvalue weighted by Crippen LogP contribution is -1.96. The molecule has 0 atom stereocenters. The van der Waals surface area contributed by atoms with Crippen LogP contribution in [-0.4, -0.2) is 10.9 Å². The van der Waals surface area contributed by atoms with Gasteiger partial charge in [-0.3, -0.25) is 4.79 Å². The van der Waals surface area contributed by atoms with Gasteiger partial charge in [0, 0.05) is 29.2 Å². The Morgan fingerprint density at radius 1 is 1.17 bits per heavy atom. The predicted molar refractivity (Wildman–Crippen MR) is 76.0 cm³/mol. The summed E-state index contributed by atoms with van der Waals surface area (Å²) in [6, 6.07) is 7.92. The summed E-state index contributed by atoms with van der Waals surface area (Å²) in [5.41, 5.74) is 1.93. The summed E-state index contributed by atoms with van der Waals surface area (Å²) >= 11 is 0. The van der Waals surface area contributed by atoms with Crippen LogP contribution < -0.4 is 0 Å². The zero-order valence-corrected chi connectivity index (χ0v) is 10.6. The fourth-order valence-electron chi connectivity index (χ4n) is 2.29. The molecule has 0 saturated carbocycles. The van der Waals surface area contributed by atoms with Gasteiger partial charge in [0.05, 0.1) is 0 Å². The molecule has 0 saturated heterocycles. The Hall–Kier alpha value is -1.83. The number of nitrogens with zero attached hydrogens (tertiary/aromatic N) is 1. The van der Waals surface area contributed by atoms with Gasteiger partial charge in [0.15, 0.2) is 6.29 Å². The molecule has 1 heterocycles. The Kier molecular flexibility index (Phi) is 4.35. The van der Waals surface area contributed by atoms with E-state index in [1.54, 1.807) is 0 Å². The van der Waals surface area contributed by atoms with E-state index >= 15 is 0 Å².